The van der Waals surface area contributed by atoms with E-state index in [2.05, 4.69) is 36.9 Å². The maximum Gasteiger partial charge on any atom is 2.00 e. The Labute approximate surface area is 191 Å². The number of halogens is 2. The van der Waals surface area contributed by atoms with E-state index in [9.17, 15) is 0 Å². The van der Waals surface area contributed by atoms with Crippen LogP contribution in [0, 0.1) is 5.41 Å². The topological polar surface area (TPSA) is 0 Å². The average Bonchev–Trinajstić information content (AvgIpc) is 2.50. The number of rotatable bonds is 10. The minimum atomic E-state index is 0. The Morgan fingerprint density at radius 3 is 1.88 bits per heavy atom. The Morgan fingerprint density at radius 1 is 0.920 bits per heavy atom. The molecular weight excluding hydrogens is 421 g/mol. The van der Waals surface area contributed by atoms with Crippen LogP contribution in [0.4, 0.5) is 0 Å². The monoisotopic (exact) mass is 464 g/mol. The minimum absolute atomic E-state index is 0. The van der Waals surface area contributed by atoms with Gasteiger partial charge in [0.05, 0.1) is 0 Å². The van der Waals surface area contributed by atoms with Gasteiger partial charge in [-0.2, -0.15) is 0 Å². The molecule has 0 nitrogen and oxygen atoms in total. The van der Waals surface area contributed by atoms with Gasteiger partial charge in [0.25, 0.3) is 0 Å². The van der Waals surface area contributed by atoms with E-state index >= 15 is 0 Å². The summed E-state index contributed by atoms with van der Waals surface area (Å²) < 4.78 is 0. The van der Waals surface area contributed by atoms with E-state index in [1.54, 1.807) is 6.42 Å². The van der Waals surface area contributed by atoms with Crippen LogP contribution in [0.5, 0.6) is 0 Å². The molecule has 0 aromatic heterocycles. The molecule has 0 spiro atoms. The number of hydrogen-bond donors (Lipinski definition) is 0. The van der Waals surface area contributed by atoms with Gasteiger partial charge in [-0.05, 0) is 61.9 Å². The average molecular weight is 465 g/mol. The second-order valence-corrected chi connectivity index (χ2v) is 9.55. The van der Waals surface area contributed by atoms with Crippen LogP contribution in [0.2, 0.25) is 0 Å². The van der Waals surface area contributed by atoms with Gasteiger partial charge in [-0.3, -0.25) is 0 Å². The van der Waals surface area contributed by atoms with E-state index in [1.807, 2.05) is 0 Å². The van der Waals surface area contributed by atoms with Gasteiger partial charge in [0.1, 0.15) is 0 Å². The summed E-state index contributed by atoms with van der Waals surface area (Å²) in [5.74, 6) is 0. The van der Waals surface area contributed by atoms with E-state index in [0.717, 1.165) is 11.1 Å². The first-order chi connectivity index (χ1) is 10.7. The first kappa shape index (κ1) is 34.6. The van der Waals surface area contributed by atoms with Gasteiger partial charge in [0, 0.05) is 0 Å². The quantitative estimate of drug-likeness (QED) is 0.262. The Balaban J connectivity index is -0.000000244. The van der Waals surface area contributed by atoms with Crippen LogP contribution in [0.3, 0.4) is 0 Å². The third-order valence-corrected chi connectivity index (χ3v) is 7.14. The van der Waals surface area contributed by atoms with Gasteiger partial charge in [0.15, 0.2) is 0 Å². The van der Waals surface area contributed by atoms with Crippen LogP contribution in [0.1, 0.15) is 105 Å². The van der Waals surface area contributed by atoms with Crippen molar-refractivity contribution < 1.29 is 46.5 Å². The summed E-state index contributed by atoms with van der Waals surface area (Å²) >= 11 is 0. The van der Waals surface area contributed by atoms with Crippen LogP contribution >= 0.6 is 17.8 Å². The summed E-state index contributed by atoms with van der Waals surface area (Å²) in [6.45, 7) is 9.27. The zero-order valence-corrected chi connectivity index (χ0v) is 22.5. The Morgan fingerprint density at radius 2 is 1.48 bits per heavy atom. The molecule has 0 bridgehead atoms. The maximum absolute atomic E-state index is 2.70. The van der Waals surface area contributed by atoms with Gasteiger partial charge < -0.3 is 24.8 Å². The van der Waals surface area contributed by atoms with Crippen molar-refractivity contribution >= 4 is 17.8 Å². The third kappa shape index (κ3) is 18.0. The van der Waals surface area contributed by atoms with Crippen molar-refractivity contribution in [1.82, 2.24) is 0 Å². The van der Waals surface area contributed by atoms with Crippen LogP contribution in [0.25, 0.3) is 0 Å². The van der Waals surface area contributed by atoms with Crippen molar-refractivity contribution in [2.75, 3.05) is 12.3 Å². The van der Waals surface area contributed by atoms with Gasteiger partial charge in [-0.1, -0.05) is 66.2 Å². The van der Waals surface area contributed by atoms with Crippen LogP contribution in [0.15, 0.2) is 0 Å². The van der Waals surface area contributed by atoms with Crippen LogP contribution in [-0.4, -0.2) is 18.0 Å². The number of unbranched alkanes of at least 4 members (excludes halogenated alkanes) is 2. The Kier molecular flexibility index (Phi) is 33.5. The molecule has 0 aromatic rings. The van der Waals surface area contributed by atoms with Crippen molar-refractivity contribution in [1.29, 1.82) is 0 Å². The van der Waals surface area contributed by atoms with E-state index in [4.69, 9.17) is 0 Å². The van der Waals surface area contributed by atoms with E-state index < -0.39 is 0 Å². The molecule has 0 radical (unpaired) electrons. The van der Waals surface area contributed by atoms with E-state index in [-0.39, 0.29) is 46.5 Å². The molecule has 3 unspecified atom stereocenters. The smallest absolute Gasteiger partial charge is 1.00 e. The molecule has 0 saturated heterocycles. The fourth-order valence-electron chi connectivity index (χ4n) is 3.95. The summed E-state index contributed by atoms with van der Waals surface area (Å²) in [6.07, 6.45) is 20.2. The zero-order valence-electron chi connectivity index (χ0n) is 17.3. The van der Waals surface area contributed by atoms with Crippen molar-refractivity contribution in [3.05, 3.63) is 0 Å². The van der Waals surface area contributed by atoms with Gasteiger partial charge in [-0.15, -0.1) is 17.8 Å². The predicted molar refractivity (Wildman–Crippen MR) is 112 cm³/mol. The summed E-state index contributed by atoms with van der Waals surface area (Å²) in [4.78, 5) is 0. The summed E-state index contributed by atoms with van der Waals surface area (Å²) in [7, 11) is 3.96. The van der Waals surface area contributed by atoms with Crippen LogP contribution < -0.4 is 24.8 Å². The third-order valence-electron chi connectivity index (χ3n) is 5.02. The fraction of sp³-hybridized carbons (Fsp3) is 1.00. The molecule has 0 amide bonds. The van der Waals surface area contributed by atoms with Crippen LogP contribution in [-0.2, 0) is 21.7 Å². The number of hydrogen-bond acceptors (Lipinski definition) is 0. The van der Waals surface area contributed by atoms with Gasteiger partial charge in [-0.25, -0.2) is 0 Å². The van der Waals surface area contributed by atoms with Crippen molar-refractivity contribution in [2.45, 2.75) is 110 Å². The predicted octanol–water partition coefficient (Wildman–Crippen LogP) is 1.66. The van der Waals surface area contributed by atoms with Crippen molar-refractivity contribution in [2.24, 2.45) is 5.41 Å². The molecular formula is C20H44Cl2P2Ti. The fourth-order valence-corrected chi connectivity index (χ4v) is 6.31. The largest absolute Gasteiger partial charge is 2.00 e. The standard InChI is InChI=1S/C16H33P.C4H11P.2ClH.Ti/c1-4-7-13-17-15-9-8-12-16(14-15,10-5-2)11-6-3;1-2-3-4-5;;;/h15,17H,4-14H2,1-3H3;2-5H2,1H3;2*1H;/q;;;;+2/p-2. The first-order valence-electron chi connectivity index (χ1n) is 10.1. The first-order valence-corrected chi connectivity index (χ1v) is 12.2. The molecule has 1 rings (SSSR count). The Bertz CT molecular complexity index is 230. The van der Waals surface area contributed by atoms with Gasteiger partial charge >= 0.3 is 21.7 Å². The molecule has 1 saturated carbocycles. The summed E-state index contributed by atoms with van der Waals surface area (Å²) in [6, 6.07) is 0. The molecule has 0 aliphatic heterocycles. The molecule has 5 heteroatoms. The molecule has 3 atom stereocenters. The second-order valence-electron chi connectivity index (χ2n) is 7.24. The summed E-state index contributed by atoms with van der Waals surface area (Å²) in [5.41, 5.74) is 1.85. The van der Waals surface area contributed by atoms with Gasteiger partial charge in [0.2, 0.25) is 0 Å². The van der Waals surface area contributed by atoms with Crippen molar-refractivity contribution in [3.8, 4) is 0 Å². The molecule has 0 N–H and O–H groups in total. The normalized spacial score (nSPS) is 18.4. The molecule has 1 aliphatic carbocycles. The second kappa shape index (κ2) is 24.2. The zero-order chi connectivity index (χ0) is 16.7. The molecule has 152 valence electrons. The van der Waals surface area contributed by atoms with Crippen molar-refractivity contribution in [3.63, 3.8) is 0 Å². The maximum atomic E-state index is 2.70. The SMILES string of the molecule is CCCCP.CCCCPC1CCCC(CCC)(CCC)C1.[Cl-].[Cl-].[Ti+2]. The van der Waals surface area contributed by atoms with E-state index in [1.165, 1.54) is 91.5 Å². The molecule has 0 aromatic carbocycles. The molecule has 25 heavy (non-hydrogen) atoms. The Hall–Kier alpha value is 2.15. The van der Waals surface area contributed by atoms with E-state index in [0.29, 0.717) is 0 Å². The molecule has 1 fully saturated rings. The molecule has 0 heterocycles. The minimum Gasteiger partial charge on any atom is -1.00 e. The molecule has 1 aliphatic rings. The summed E-state index contributed by atoms with van der Waals surface area (Å²) in [5, 5.41) is 0.